The van der Waals surface area contributed by atoms with Crippen LogP contribution in [-0.4, -0.2) is 12.6 Å². The fourth-order valence-corrected chi connectivity index (χ4v) is 2.11. The first-order chi connectivity index (χ1) is 6.77. The third-order valence-corrected chi connectivity index (χ3v) is 3.22. The molecule has 0 heterocycles. The first kappa shape index (κ1) is 9.75. The van der Waals surface area contributed by atoms with Crippen molar-refractivity contribution in [1.82, 2.24) is 0 Å². The largest absolute Gasteiger partial charge is 0.462 e. The molecule has 2 rings (SSSR count). The normalized spacial score (nSPS) is 26.9. The van der Waals surface area contributed by atoms with E-state index < -0.39 is 0 Å². The summed E-state index contributed by atoms with van der Waals surface area (Å²) in [4.78, 5) is 11.4. The van der Waals surface area contributed by atoms with Crippen molar-refractivity contribution in [3.05, 3.63) is 11.6 Å². The van der Waals surface area contributed by atoms with Crippen LogP contribution in [0.2, 0.25) is 0 Å². The summed E-state index contributed by atoms with van der Waals surface area (Å²) in [6.07, 6.45) is 8.40. The molecule has 0 aromatic rings. The molecule has 1 fully saturated rings. The van der Waals surface area contributed by atoms with Crippen LogP contribution in [0.15, 0.2) is 11.6 Å². The Bertz CT molecular complexity index is 249. The first-order valence-corrected chi connectivity index (χ1v) is 5.66. The highest BCUT2D eigenvalue weighted by Gasteiger charge is 2.28. The van der Waals surface area contributed by atoms with E-state index in [0.29, 0.717) is 18.4 Å². The highest BCUT2D eigenvalue weighted by atomic mass is 16.5. The lowest BCUT2D eigenvalue weighted by molar-refractivity contribution is -0.140. The minimum Gasteiger partial charge on any atom is -0.462 e. The highest BCUT2D eigenvalue weighted by molar-refractivity contribution is 5.93. The maximum atomic E-state index is 11.4. The van der Waals surface area contributed by atoms with Crippen LogP contribution in [-0.2, 0) is 9.53 Å². The Labute approximate surface area is 85.3 Å². The van der Waals surface area contributed by atoms with Gasteiger partial charge >= 0.3 is 5.97 Å². The molecule has 0 radical (unpaired) electrons. The molecule has 2 aliphatic carbocycles. The molecular weight excluding hydrogens is 176 g/mol. The number of carbonyl (C=O) groups is 1. The summed E-state index contributed by atoms with van der Waals surface area (Å²) in [5, 5.41) is 0. The summed E-state index contributed by atoms with van der Waals surface area (Å²) < 4.78 is 5.27. The fraction of sp³-hybridized carbons (Fsp3) is 0.750. The van der Waals surface area contributed by atoms with Gasteiger partial charge in [0.1, 0.15) is 0 Å². The fourth-order valence-electron chi connectivity index (χ4n) is 2.11. The van der Waals surface area contributed by atoms with E-state index in [0.717, 1.165) is 5.57 Å². The van der Waals surface area contributed by atoms with Crippen LogP contribution in [0, 0.1) is 11.8 Å². The lowest BCUT2D eigenvalue weighted by atomic mass is 9.90. The Morgan fingerprint density at radius 2 is 2.07 bits per heavy atom. The third-order valence-electron chi connectivity index (χ3n) is 3.22. The average Bonchev–Trinajstić information content (AvgIpc) is 2.94. The smallest absolute Gasteiger partial charge is 0.334 e. The van der Waals surface area contributed by atoms with E-state index in [-0.39, 0.29) is 5.97 Å². The zero-order valence-electron chi connectivity index (χ0n) is 8.79. The van der Waals surface area contributed by atoms with Crippen molar-refractivity contribution in [1.29, 1.82) is 0 Å². The monoisotopic (exact) mass is 194 g/mol. The molecule has 2 heteroatoms. The molecule has 0 aromatic heterocycles. The van der Waals surface area contributed by atoms with Gasteiger partial charge in [-0.25, -0.2) is 4.79 Å². The van der Waals surface area contributed by atoms with Gasteiger partial charge in [0.25, 0.3) is 0 Å². The second-order valence-electron chi connectivity index (χ2n) is 4.51. The standard InChI is InChI=1S/C12H18O2/c1-9-7-11(9)12(13)14-8-10-5-3-2-4-6-10/h7,9-10H,2-6,8H2,1H3. The lowest BCUT2D eigenvalue weighted by Crippen LogP contribution is -2.16. The molecule has 1 atom stereocenters. The molecule has 0 amide bonds. The second-order valence-corrected chi connectivity index (χ2v) is 4.51. The van der Waals surface area contributed by atoms with Crippen molar-refractivity contribution in [3.8, 4) is 0 Å². The van der Waals surface area contributed by atoms with Crippen molar-refractivity contribution < 1.29 is 9.53 Å². The predicted octanol–water partition coefficient (Wildman–Crippen LogP) is 2.69. The summed E-state index contributed by atoms with van der Waals surface area (Å²) in [6.45, 7) is 2.67. The van der Waals surface area contributed by atoms with E-state index >= 15 is 0 Å². The van der Waals surface area contributed by atoms with Gasteiger partial charge in [-0.3, -0.25) is 0 Å². The van der Waals surface area contributed by atoms with Crippen molar-refractivity contribution in [2.45, 2.75) is 39.0 Å². The SMILES string of the molecule is CC1C=C1C(=O)OCC1CCCCC1. The maximum absolute atomic E-state index is 11.4. The average molecular weight is 194 g/mol. The molecule has 1 saturated carbocycles. The van der Waals surface area contributed by atoms with Gasteiger partial charge in [0, 0.05) is 11.5 Å². The predicted molar refractivity (Wildman–Crippen MR) is 54.8 cm³/mol. The van der Waals surface area contributed by atoms with E-state index in [2.05, 4.69) is 0 Å². The zero-order valence-corrected chi connectivity index (χ0v) is 8.79. The number of esters is 1. The van der Waals surface area contributed by atoms with Gasteiger partial charge in [0.15, 0.2) is 0 Å². The second kappa shape index (κ2) is 4.16. The van der Waals surface area contributed by atoms with Gasteiger partial charge in [-0.1, -0.05) is 32.3 Å². The van der Waals surface area contributed by atoms with E-state index in [1.165, 1.54) is 32.1 Å². The molecule has 2 aliphatic rings. The molecule has 0 aliphatic heterocycles. The van der Waals surface area contributed by atoms with Crippen LogP contribution in [0.25, 0.3) is 0 Å². The van der Waals surface area contributed by atoms with Gasteiger partial charge in [0.05, 0.1) is 6.61 Å². The number of allylic oxidation sites excluding steroid dienone is 1. The van der Waals surface area contributed by atoms with Crippen molar-refractivity contribution >= 4 is 5.97 Å². The van der Waals surface area contributed by atoms with E-state index in [1.807, 2.05) is 13.0 Å². The maximum Gasteiger partial charge on any atom is 0.334 e. The van der Waals surface area contributed by atoms with Crippen molar-refractivity contribution in [2.24, 2.45) is 11.8 Å². The molecule has 0 N–H and O–H groups in total. The van der Waals surface area contributed by atoms with Crippen LogP contribution in [0.3, 0.4) is 0 Å². The minimum atomic E-state index is -0.0805. The van der Waals surface area contributed by atoms with Gasteiger partial charge in [-0.2, -0.15) is 0 Å². The van der Waals surface area contributed by atoms with Crippen molar-refractivity contribution in [3.63, 3.8) is 0 Å². The van der Waals surface area contributed by atoms with Gasteiger partial charge in [-0.15, -0.1) is 0 Å². The van der Waals surface area contributed by atoms with Gasteiger partial charge < -0.3 is 4.74 Å². The highest BCUT2D eigenvalue weighted by Crippen LogP contribution is 2.30. The van der Waals surface area contributed by atoms with Gasteiger partial charge in [-0.05, 0) is 18.8 Å². The molecule has 0 spiro atoms. The molecule has 0 bridgehead atoms. The van der Waals surface area contributed by atoms with Crippen LogP contribution >= 0.6 is 0 Å². The molecule has 78 valence electrons. The Morgan fingerprint density at radius 3 is 2.64 bits per heavy atom. The number of hydrogen-bond acceptors (Lipinski definition) is 2. The summed E-state index contributed by atoms with van der Waals surface area (Å²) in [5.74, 6) is 0.916. The first-order valence-electron chi connectivity index (χ1n) is 5.66. The molecule has 0 aromatic carbocycles. The molecule has 2 nitrogen and oxygen atoms in total. The number of ether oxygens (including phenoxy) is 1. The lowest BCUT2D eigenvalue weighted by Gasteiger charge is -2.20. The third kappa shape index (κ3) is 2.37. The van der Waals surface area contributed by atoms with Crippen LogP contribution in [0.5, 0.6) is 0 Å². The minimum absolute atomic E-state index is 0.0805. The molecule has 0 saturated heterocycles. The Kier molecular flexibility index (Phi) is 2.90. The van der Waals surface area contributed by atoms with E-state index in [4.69, 9.17) is 4.74 Å². The quantitative estimate of drug-likeness (QED) is 0.646. The number of hydrogen-bond donors (Lipinski definition) is 0. The zero-order chi connectivity index (χ0) is 9.97. The van der Waals surface area contributed by atoms with Gasteiger partial charge in [0.2, 0.25) is 0 Å². The van der Waals surface area contributed by atoms with E-state index in [1.54, 1.807) is 0 Å². The van der Waals surface area contributed by atoms with Crippen LogP contribution in [0.4, 0.5) is 0 Å². The Morgan fingerprint density at radius 1 is 1.43 bits per heavy atom. The molecule has 14 heavy (non-hydrogen) atoms. The Balaban J connectivity index is 1.66. The van der Waals surface area contributed by atoms with Crippen molar-refractivity contribution in [2.75, 3.05) is 6.61 Å². The topological polar surface area (TPSA) is 26.3 Å². The molecular formula is C12H18O2. The molecule has 1 unspecified atom stereocenters. The van der Waals surface area contributed by atoms with Crippen LogP contribution in [0.1, 0.15) is 39.0 Å². The van der Waals surface area contributed by atoms with Crippen LogP contribution < -0.4 is 0 Å². The Hall–Kier alpha value is -0.790. The summed E-state index contributed by atoms with van der Waals surface area (Å²) >= 11 is 0. The number of carbonyl (C=O) groups excluding carboxylic acids is 1. The summed E-state index contributed by atoms with van der Waals surface area (Å²) in [5.41, 5.74) is 0.876. The summed E-state index contributed by atoms with van der Waals surface area (Å²) in [7, 11) is 0. The number of rotatable bonds is 3. The summed E-state index contributed by atoms with van der Waals surface area (Å²) in [6, 6.07) is 0. The van der Waals surface area contributed by atoms with E-state index in [9.17, 15) is 4.79 Å².